The van der Waals surface area contributed by atoms with Gasteiger partial charge in [0.25, 0.3) is 5.91 Å². The lowest BCUT2D eigenvalue weighted by molar-refractivity contribution is 0.0762. The zero-order chi connectivity index (χ0) is 13.4. The quantitative estimate of drug-likeness (QED) is 0.877. The standard InChI is InChI=1S/C15H19NO3/c1-10(17)13-4-6-16(9-13)15(18)12-2-3-14-11(8-12)5-7-19-14/h2-3,8,10,13,17H,4-7,9H2,1H3. The van der Waals surface area contributed by atoms with E-state index < -0.39 is 0 Å². The fourth-order valence-electron chi connectivity index (χ4n) is 2.87. The maximum atomic E-state index is 12.4. The molecule has 1 aromatic carbocycles. The number of rotatable bonds is 2. The highest BCUT2D eigenvalue weighted by molar-refractivity contribution is 5.94. The Kier molecular flexibility index (Phi) is 3.19. The molecule has 0 radical (unpaired) electrons. The number of carbonyl (C=O) groups is 1. The molecular formula is C15H19NO3. The minimum atomic E-state index is -0.341. The van der Waals surface area contributed by atoms with Crippen LogP contribution in [0.4, 0.5) is 0 Å². The third-order valence-electron chi connectivity index (χ3n) is 4.13. The summed E-state index contributed by atoms with van der Waals surface area (Å²) in [5.41, 5.74) is 1.85. The van der Waals surface area contributed by atoms with E-state index in [0.29, 0.717) is 13.2 Å². The van der Waals surface area contributed by atoms with Crippen LogP contribution in [-0.4, -0.2) is 41.7 Å². The summed E-state index contributed by atoms with van der Waals surface area (Å²) in [5.74, 6) is 1.18. The van der Waals surface area contributed by atoms with E-state index in [0.717, 1.165) is 36.3 Å². The summed E-state index contributed by atoms with van der Waals surface area (Å²) in [6, 6.07) is 5.67. The molecule has 0 bridgehead atoms. The summed E-state index contributed by atoms with van der Waals surface area (Å²) < 4.78 is 5.45. The Morgan fingerprint density at radius 1 is 1.53 bits per heavy atom. The van der Waals surface area contributed by atoms with Gasteiger partial charge in [-0.3, -0.25) is 4.79 Å². The Labute approximate surface area is 113 Å². The molecule has 19 heavy (non-hydrogen) atoms. The van der Waals surface area contributed by atoms with Gasteiger partial charge in [-0.2, -0.15) is 0 Å². The molecule has 2 aliphatic rings. The molecule has 102 valence electrons. The van der Waals surface area contributed by atoms with E-state index in [-0.39, 0.29) is 17.9 Å². The number of nitrogens with zero attached hydrogens (tertiary/aromatic N) is 1. The molecule has 2 heterocycles. The van der Waals surface area contributed by atoms with Crippen molar-refractivity contribution >= 4 is 5.91 Å². The summed E-state index contributed by atoms with van der Waals surface area (Å²) in [5, 5.41) is 9.59. The van der Waals surface area contributed by atoms with Crippen molar-refractivity contribution in [3.05, 3.63) is 29.3 Å². The number of ether oxygens (including phenoxy) is 1. The minimum absolute atomic E-state index is 0.0675. The molecule has 1 amide bonds. The van der Waals surface area contributed by atoms with Crippen molar-refractivity contribution in [2.75, 3.05) is 19.7 Å². The molecule has 1 N–H and O–H groups in total. The summed E-state index contributed by atoms with van der Waals surface area (Å²) in [4.78, 5) is 14.3. The van der Waals surface area contributed by atoms with Crippen LogP contribution < -0.4 is 4.74 Å². The van der Waals surface area contributed by atoms with Crippen LogP contribution in [-0.2, 0) is 6.42 Å². The van der Waals surface area contributed by atoms with Gasteiger partial charge in [-0.1, -0.05) is 0 Å². The Morgan fingerprint density at radius 3 is 3.11 bits per heavy atom. The highest BCUT2D eigenvalue weighted by Gasteiger charge is 2.30. The fraction of sp³-hybridized carbons (Fsp3) is 0.533. The molecule has 2 unspecified atom stereocenters. The largest absolute Gasteiger partial charge is 0.493 e. The summed E-state index contributed by atoms with van der Waals surface area (Å²) in [6.45, 7) is 3.90. The lowest BCUT2D eigenvalue weighted by atomic mass is 10.0. The van der Waals surface area contributed by atoms with Gasteiger partial charge in [0.2, 0.25) is 0 Å². The zero-order valence-corrected chi connectivity index (χ0v) is 11.1. The van der Waals surface area contributed by atoms with E-state index >= 15 is 0 Å². The van der Waals surface area contributed by atoms with Gasteiger partial charge in [0, 0.05) is 31.0 Å². The first-order chi connectivity index (χ1) is 9.15. The van der Waals surface area contributed by atoms with Gasteiger partial charge in [-0.25, -0.2) is 0 Å². The molecule has 1 saturated heterocycles. The van der Waals surface area contributed by atoms with Crippen LogP contribution in [0.15, 0.2) is 18.2 Å². The second-order valence-electron chi connectivity index (χ2n) is 5.46. The predicted octanol–water partition coefficient (Wildman–Crippen LogP) is 1.46. The highest BCUT2D eigenvalue weighted by atomic mass is 16.5. The van der Waals surface area contributed by atoms with Crippen LogP contribution in [0, 0.1) is 5.92 Å². The smallest absolute Gasteiger partial charge is 0.253 e. The third-order valence-corrected chi connectivity index (χ3v) is 4.13. The molecule has 0 aliphatic carbocycles. The molecule has 0 saturated carbocycles. The number of aliphatic hydroxyl groups excluding tert-OH is 1. The lowest BCUT2D eigenvalue weighted by Crippen LogP contribution is -2.30. The summed E-state index contributed by atoms with van der Waals surface area (Å²) in [7, 11) is 0. The third kappa shape index (κ3) is 2.32. The van der Waals surface area contributed by atoms with Gasteiger partial charge in [0.15, 0.2) is 0 Å². The van der Waals surface area contributed by atoms with E-state index in [1.165, 1.54) is 0 Å². The normalized spacial score (nSPS) is 23.1. The van der Waals surface area contributed by atoms with Crippen molar-refractivity contribution in [1.29, 1.82) is 0 Å². The zero-order valence-electron chi connectivity index (χ0n) is 11.1. The van der Waals surface area contributed by atoms with Gasteiger partial charge < -0.3 is 14.7 Å². The van der Waals surface area contributed by atoms with Crippen molar-refractivity contribution in [2.45, 2.75) is 25.9 Å². The average Bonchev–Trinajstić information content (AvgIpc) is 3.06. The van der Waals surface area contributed by atoms with Crippen LogP contribution in [0.5, 0.6) is 5.75 Å². The summed E-state index contributed by atoms with van der Waals surface area (Å²) in [6.07, 6.45) is 1.43. The monoisotopic (exact) mass is 261 g/mol. The lowest BCUT2D eigenvalue weighted by Gasteiger charge is -2.18. The fourth-order valence-corrected chi connectivity index (χ4v) is 2.87. The topological polar surface area (TPSA) is 49.8 Å². The van der Waals surface area contributed by atoms with Gasteiger partial charge >= 0.3 is 0 Å². The van der Waals surface area contributed by atoms with Gasteiger partial charge in [-0.15, -0.1) is 0 Å². The molecule has 2 atom stereocenters. The predicted molar refractivity (Wildman–Crippen MR) is 71.3 cm³/mol. The van der Waals surface area contributed by atoms with Crippen LogP contribution in [0.3, 0.4) is 0 Å². The van der Waals surface area contributed by atoms with E-state index in [1.807, 2.05) is 23.1 Å². The maximum Gasteiger partial charge on any atom is 0.253 e. The molecular weight excluding hydrogens is 242 g/mol. The molecule has 2 aliphatic heterocycles. The molecule has 1 aromatic rings. The van der Waals surface area contributed by atoms with Crippen molar-refractivity contribution in [1.82, 2.24) is 4.90 Å². The molecule has 3 rings (SSSR count). The second-order valence-corrected chi connectivity index (χ2v) is 5.46. The Balaban J connectivity index is 1.74. The molecule has 0 aromatic heterocycles. The number of likely N-dealkylation sites (tertiary alicyclic amines) is 1. The van der Waals surface area contributed by atoms with Crippen molar-refractivity contribution < 1.29 is 14.6 Å². The SMILES string of the molecule is CC(O)C1CCN(C(=O)c2ccc3c(c2)CCO3)C1. The number of hydrogen-bond acceptors (Lipinski definition) is 3. The first-order valence-electron chi connectivity index (χ1n) is 6.88. The average molecular weight is 261 g/mol. The molecule has 4 nitrogen and oxygen atoms in total. The summed E-state index contributed by atoms with van der Waals surface area (Å²) >= 11 is 0. The molecule has 0 spiro atoms. The van der Waals surface area contributed by atoms with E-state index in [9.17, 15) is 9.90 Å². The van der Waals surface area contributed by atoms with Crippen molar-refractivity contribution in [3.8, 4) is 5.75 Å². The molecule has 4 heteroatoms. The Hall–Kier alpha value is -1.55. The first kappa shape index (κ1) is 12.5. The van der Waals surface area contributed by atoms with Gasteiger partial charge in [0.1, 0.15) is 5.75 Å². The van der Waals surface area contributed by atoms with Crippen molar-refractivity contribution in [2.24, 2.45) is 5.92 Å². The number of fused-ring (bicyclic) bond motifs is 1. The van der Waals surface area contributed by atoms with Crippen LogP contribution >= 0.6 is 0 Å². The maximum absolute atomic E-state index is 12.4. The van der Waals surface area contributed by atoms with Crippen LogP contribution in [0.2, 0.25) is 0 Å². The van der Waals surface area contributed by atoms with E-state index in [1.54, 1.807) is 6.92 Å². The number of aliphatic hydroxyl groups is 1. The molecule has 1 fully saturated rings. The Morgan fingerprint density at radius 2 is 2.37 bits per heavy atom. The Bertz CT molecular complexity index is 498. The number of amides is 1. The number of benzene rings is 1. The second kappa shape index (κ2) is 4.85. The highest BCUT2D eigenvalue weighted by Crippen LogP contribution is 2.27. The minimum Gasteiger partial charge on any atom is -0.493 e. The van der Waals surface area contributed by atoms with Crippen LogP contribution in [0.1, 0.15) is 29.3 Å². The van der Waals surface area contributed by atoms with E-state index in [2.05, 4.69) is 0 Å². The van der Waals surface area contributed by atoms with Gasteiger partial charge in [-0.05, 0) is 37.1 Å². The first-order valence-corrected chi connectivity index (χ1v) is 6.88. The van der Waals surface area contributed by atoms with Gasteiger partial charge in [0.05, 0.1) is 12.7 Å². The number of carbonyl (C=O) groups excluding carboxylic acids is 1. The van der Waals surface area contributed by atoms with Crippen LogP contribution in [0.25, 0.3) is 0 Å². The van der Waals surface area contributed by atoms with Crippen molar-refractivity contribution in [3.63, 3.8) is 0 Å². The number of hydrogen-bond donors (Lipinski definition) is 1. The van der Waals surface area contributed by atoms with E-state index in [4.69, 9.17) is 4.74 Å².